The Morgan fingerprint density at radius 2 is 2.17 bits per heavy atom. The Kier molecular flexibility index (Phi) is 4.16. The van der Waals surface area contributed by atoms with Gasteiger partial charge in [-0.25, -0.2) is 0 Å². The number of aromatic nitrogens is 2. The highest BCUT2D eigenvalue weighted by atomic mass is 32.1. The lowest BCUT2D eigenvalue weighted by atomic mass is 10.0. The molecule has 0 radical (unpaired) electrons. The summed E-state index contributed by atoms with van der Waals surface area (Å²) in [5.41, 5.74) is 5.11. The van der Waals surface area contributed by atoms with Crippen LogP contribution in [0.2, 0.25) is 0 Å². The van der Waals surface area contributed by atoms with E-state index in [1.165, 1.54) is 15.3 Å². The van der Waals surface area contributed by atoms with Crippen LogP contribution in [0.4, 0.5) is 0 Å². The van der Waals surface area contributed by atoms with Crippen molar-refractivity contribution in [1.29, 1.82) is 0 Å². The zero-order chi connectivity index (χ0) is 13.1. The Balaban J connectivity index is 2.16. The lowest BCUT2D eigenvalue weighted by Gasteiger charge is -2.14. The lowest BCUT2D eigenvalue weighted by molar-refractivity contribution is 0.553. The molecule has 2 heterocycles. The molecule has 2 rings (SSSR count). The topological polar surface area (TPSA) is 55.9 Å². The minimum atomic E-state index is 0.127. The van der Waals surface area contributed by atoms with Gasteiger partial charge in [0, 0.05) is 35.0 Å². The second-order valence-corrected chi connectivity index (χ2v) is 5.74. The first-order valence-corrected chi connectivity index (χ1v) is 6.99. The number of hydrogen-bond donors (Lipinski definition) is 2. The molecule has 0 saturated heterocycles. The summed E-state index contributed by atoms with van der Waals surface area (Å²) in [7, 11) is 1.93. The van der Waals surface area contributed by atoms with E-state index in [1.807, 2.05) is 36.2 Å². The van der Waals surface area contributed by atoms with Gasteiger partial charge in [-0.2, -0.15) is 5.10 Å². The molecule has 0 aromatic carbocycles. The van der Waals surface area contributed by atoms with E-state index < -0.39 is 0 Å². The highest BCUT2D eigenvalue weighted by molar-refractivity contribution is 7.11. The Labute approximate surface area is 112 Å². The largest absolute Gasteiger partial charge is 0.275 e. The third-order valence-electron chi connectivity index (χ3n) is 3.10. The van der Waals surface area contributed by atoms with Crippen LogP contribution in [0.1, 0.15) is 34.0 Å². The van der Waals surface area contributed by atoms with Gasteiger partial charge in [0.2, 0.25) is 0 Å². The summed E-state index contributed by atoms with van der Waals surface area (Å²) in [5.74, 6) is 5.69. The molecule has 2 aromatic heterocycles. The van der Waals surface area contributed by atoms with Gasteiger partial charge in [-0.15, -0.1) is 11.3 Å². The minimum Gasteiger partial charge on any atom is -0.275 e. The third kappa shape index (κ3) is 2.80. The van der Waals surface area contributed by atoms with E-state index in [0.717, 1.165) is 18.5 Å². The molecule has 3 N–H and O–H groups in total. The summed E-state index contributed by atoms with van der Waals surface area (Å²) in [6.07, 6.45) is 4.04. The van der Waals surface area contributed by atoms with E-state index in [2.05, 4.69) is 29.6 Å². The van der Waals surface area contributed by atoms with Crippen LogP contribution >= 0.6 is 11.3 Å². The average molecular weight is 264 g/mol. The van der Waals surface area contributed by atoms with Crippen molar-refractivity contribution in [3.8, 4) is 0 Å². The highest BCUT2D eigenvalue weighted by Crippen LogP contribution is 2.25. The SMILES string of the molecule is CCc1ccc(CC(NN)c2cn(C)nc2C)s1. The maximum Gasteiger partial charge on any atom is 0.0642 e. The number of hydrazine groups is 1. The van der Waals surface area contributed by atoms with Crippen molar-refractivity contribution in [2.75, 3.05) is 0 Å². The quantitative estimate of drug-likeness (QED) is 0.642. The van der Waals surface area contributed by atoms with Gasteiger partial charge in [0.05, 0.1) is 11.7 Å². The number of thiophene rings is 1. The normalized spacial score (nSPS) is 12.9. The predicted molar refractivity (Wildman–Crippen MR) is 75.4 cm³/mol. The molecule has 0 aliphatic carbocycles. The first-order chi connectivity index (χ1) is 8.63. The van der Waals surface area contributed by atoms with Crippen LogP contribution in [0.3, 0.4) is 0 Å². The fourth-order valence-corrected chi connectivity index (χ4v) is 3.15. The summed E-state index contributed by atoms with van der Waals surface area (Å²) in [4.78, 5) is 2.78. The highest BCUT2D eigenvalue weighted by Gasteiger charge is 2.16. The second-order valence-electron chi connectivity index (χ2n) is 4.49. The number of nitrogens with one attached hydrogen (secondary N) is 1. The van der Waals surface area contributed by atoms with Gasteiger partial charge in [-0.3, -0.25) is 16.0 Å². The van der Waals surface area contributed by atoms with Crippen molar-refractivity contribution < 1.29 is 0 Å². The second kappa shape index (κ2) is 5.65. The molecular weight excluding hydrogens is 244 g/mol. The molecule has 98 valence electrons. The van der Waals surface area contributed by atoms with Crippen LogP contribution in [-0.4, -0.2) is 9.78 Å². The molecule has 0 bridgehead atoms. The van der Waals surface area contributed by atoms with Crippen molar-refractivity contribution in [2.24, 2.45) is 12.9 Å². The Morgan fingerprint density at radius 1 is 1.44 bits per heavy atom. The fraction of sp³-hybridized carbons (Fsp3) is 0.462. The number of aryl methyl sites for hydroxylation is 3. The maximum atomic E-state index is 5.69. The van der Waals surface area contributed by atoms with Crippen molar-refractivity contribution in [3.63, 3.8) is 0 Å². The van der Waals surface area contributed by atoms with Gasteiger partial charge in [0.25, 0.3) is 0 Å². The number of rotatable bonds is 5. The molecule has 18 heavy (non-hydrogen) atoms. The van der Waals surface area contributed by atoms with Gasteiger partial charge in [-0.05, 0) is 25.5 Å². The molecule has 0 aliphatic rings. The van der Waals surface area contributed by atoms with E-state index in [-0.39, 0.29) is 6.04 Å². The van der Waals surface area contributed by atoms with E-state index >= 15 is 0 Å². The van der Waals surface area contributed by atoms with Gasteiger partial charge in [0.1, 0.15) is 0 Å². The molecule has 0 aliphatic heterocycles. The van der Waals surface area contributed by atoms with Crippen LogP contribution in [0.5, 0.6) is 0 Å². The summed E-state index contributed by atoms with van der Waals surface area (Å²) in [6.45, 7) is 4.20. The first kappa shape index (κ1) is 13.3. The van der Waals surface area contributed by atoms with E-state index in [1.54, 1.807) is 0 Å². The van der Waals surface area contributed by atoms with E-state index in [4.69, 9.17) is 5.84 Å². The van der Waals surface area contributed by atoms with Gasteiger partial charge < -0.3 is 0 Å². The monoisotopic (exact) mass is 264 g/mol. The van der Waals surface area contributed by atoms with Crippen LogP contribution in [0, 0.1) is 6.92 Å². The van der Waals surface area contributed by atoms with Crippen LogP contribution in [0.15, 0.2) is 18.3 Å². The lowest BCUT2D eigenvalue weighted by Crippen LogP contribution is -2.29. The van der Waals surface area contributed by atoms with Crippen LogP contribution in [-0.2, 0) is 19.9 Å². The molecular formula is C13H20N4S. The average Bonchev–Trinajstić information content (AvgIpc) is 2.92. The Hall–Kier alpha value is -1.17. The van der Waals surface area contributed by atoms with Gasteiger partial charge in [-0.1, -0.05) is 6.92 Å². The number of hydrogen-bond acceptors (Lipinski definition) is 4. The third-order valence-corrected chi connectivity index (χ3v) is 4.35. The fourth-order valence-electron chi connectivity index (χ4n) is 2.14. The molecule has 4 nitrogen and oxygen atoms in total. The zero-order valence-corrected chi connectivity index (χ0v) is 11.9. The van der Waals surface area contributed by atoms with E-state index in [9.17, 15) is 0 Å². The van der Waals surface area contributed by atoms with Crippen molar-refractivity contribution in [3.05, 3.63) is 39.3 Å². The minimum absolute atomic E-state index is 0.127. The van der Waals surface area contributed by atoms with Crippen LogP contribution < -0.4 is 11.3 Å². The summed E-state index contributed by atoms with van der Waals surface area (Å²) < 4.78 is 1.83. The number of nitrogens with zero attached hydrogens (tertiary/aromatic N) is 2. The summed E-state index contributed by atoms with van der Waals surface area (Å²) >= 11 is 1.86. The molecule has 0 amide bonds. The molecule has 0 spiro atoms. The predicted octanol–water partition coefficient (Wildman–Crippen LogP) is 2.10. The molecule has 1 unspecified atom stereocenters. The maximum absolute atomic E-state index is 5.69. The standard InChI is InChI=1S/C13H20N4S/c1-4-10-5-6-11(18-10)7-13(15-14)12-8-17(3)16-9(12)2/h5-6,8,13,15H,4,7,14H2,1-3H3. The van der Waals surface area contributed by atoms with Gasteiger partial charge in [0.15, 0.2) is 0 Å². The molecule has 0 saturated carbocycles. The van der Waals surface area contributed by atoms with Crippen molar-refractivity contribution >= 4 is 11.3 Å². The molecule has 0 fully saturated rings. The summed E-state index contributed by atoms with van der Waals surface area (Å²) in [5, 5.41) is 4.37. The van der Waals surface area contributed by atoms with Gasteiger partial charge >= 0.3 is 0 Å². The van der Waals surface area contributed by atoms with E-state index in [0.29, 0.717) is 0 Å². The van der Waals surface area contributed by atoms with Crippen molar-refractivity contribution in [1.82, 2.24) is 15.2 Å². The Morgan fingerprint density at radius 3 is 2.67 bits per heavy atom. The summed E-state index contributed by atoms with van der Waals surface area (Å²) in [6, 6.07) is 4.52. The first-order valence-electron chi connectivity index (χ1n) is 6.18. The van der Waals surface area contributed by atoms with Crippen molar-refractivity contribution in [2.45, 2.75) is 32.7 Å². The zero-order valence-electron chi connectivity index (χ0n) is 11.1. The molecule has 1 atom stereocenters. The number of nitrogens with two attached hydrogens (primary N) is 1. The molecule has 5 heteroatoms. The smallest absolute Gasteiger partial charge is 0.0642 e. The Bertz CT molecular complexity index is 515. The molecule has 2 aromatic rings. The van der Waals surface area contributed by atoms with Crippen LogP contribution in [0.25, 0.3) is 0 Å².